The highest BCUT2D eigenvalue weighted by Gasteiger charge is 2.31. The summed E-state index contributed by atoms with van der Waals surface area (Å²) in [5, 5.41) is 13.9. The van der Waals surface area contributed by atoms with Gasteiger partial charge in [-0.3, -0.25) is 9.69 Å². The van der Waals surface area contributed by atoms with Crippen molar-refractivity contribution in [2.24, 2.45) is 0 Å². The minimum atomic E-state index is -0.199. The van der Waals surface area contributed by atoms with Crippen molar-refractivity contribution in [1.82, 2.24) is 30.1 Å². The van der Waals surface area contributed by atoms with Gasteiger partial charge in [-0.2, -0.15) is 0 Å². The van der Waals surface area contributed by atoms with Gasteiger partial charge < -0.3 is 4.98 Å². The van der Waals surface area contributed by atoms with Crippen molar-refractivity contribution < 1.29 is 0 Å². The zero-order valence-corrected chi connectivity index (χ0v) is 21.5. The Morgan fingerprint density at radius 3 is 2.57 bits per heavy atom. The van der Waals surface area contributed by atoms with Crippen molar-refractivity contribution in [3.8, 4) is 0 Å². The zero-order valence-electron chi connectivity index (χ0n) is 21.5. The highest BCUT2D eigenvalue weighted by Crippen LogP contribution is 2.29. The summed E-state index contributed by atoms with van der Waals surface area (Å²) in [6.07, 6.45) is 2.62. The Morgan fingerprint density at radius 2 is 1.86 bits per heavy atom. The lowest BCUT2D eigenvalue weighted by Crippen LogP contribution is -2.37. The van der Waals surface area contributed by atoms with Gasteiger partial charge in [-0.15, -0.1) is 5.10 Å². The third-order valence-corrected chi connectivity index (χ3v) is 7.13. The molecule has 7 nitrogen and oxygen atoms in total. The fraction of sp³-hybridized carbons (Fsp3) is 0.429. The minimum absolute atomic E-state index is 0.0212. The number of aromatic nitrogens is 5. The topological polar surface area (TPSA) is 79.7 Å². The summed E-state index contributed by atoms with van der Waals surface area (Å²) in [7, 11) is 0. The minimum Gasteiger partial charge on any atom is -0.321 e. The summed E-state index contributed by atoms with van der Waals surface area (Å²) in [6, 6.07) is 18.6. The zero-order chi connectivity index (χ0) is 25.0. The first-order valence-electron chi connectivity index (χ1n) is 12.5. The molecule has 0 saturated carbocycles. The summed E-state index contributed by atoms with van der Waals surface area (Å²) in [5.41, 5.74) is 3.75. The second-order valence-electron chi connectivity index (χ2n) is 9.91. The van der Waals surface area contributed by atoms with Gasteiger partial charge in [-0.05, 0) is 73.0 Å². The number of tetrazole rings is 1. The summed E-state index contributed by atoms with van der Waals surface area (Å²) in [4.78, 5) is 18.6. The van der Waals surface area contributed by atoms with E-state index in [0.717, 1.165) is 53.7 Å². The Balaban J connectivity index is 1.73. The highest BCUT2D eigenvalue weighted by molar-refractivity contribution is 5.81. The number of aryl methyl sites for hydroxylation is 1. The second kappa shape index (κ2) is 10.5. The van der Waals surface area contributed by atoms with Crippen molar-refractivity contribution in [3.05, 3.63) is 87.5 Å². The molecule has 0 aliphatic rings. The van der Waals surface area contributed by atoms with Gasteiger partial charge in [0.2, 0.25) is 0 Å². The fourth-order valence-corrected chi connectivity index (χ4v) is 4.61. The van der Waals surface area contributed by atoms with Crippen LogP contribution < -0.4 is 5.56 Å². The average molecular weight is 473 g/mol. The number of hydrogen-bond donors (Lipinski definition) is 1. The first-order chi connectivity index (χ1) is 16.8. The maximum atomic E-state index is 13.1. The first-order valence-corrected chi connectivity index (χ1v) is 12.5. The van der Waals surface area contributed by atoms with Gasteiger partial charge in [0.25, 0.3) is 5.56 Å². The predicted octanol–water partition coefficient (Wildman–Crippen LogP) is 5.16. The van der Waals surface area contributed by atoms with Crippen molar-refractivity contribution in [2.75, 3.05) is 6.54 Å². The standard InChI is InChI=1S/C28H36N6O/c1-6-24(26-30-31-32-34(26)28(4,5)7-2)33(17-16-21-13-9-8-10-14-21)19-23-18-22-15-11-12-20(3)25(22)29-27(23)35/h8-15,18,24H,6-7,16-17,19H2,1-5H3,(H,29,35)/t24-/m1/s1. The molecule has 1 atom stereocenters. The number of aromatic amines is 1. The van der Waals surface area contributed by atoms with E-state index in [1.165, 1.54) is 5.56 Å². The summed E-state index contributed by atoms with van der Waals surface area (Å²) in [5.74, 6) is 0.848. The van der Waals surface area contributed by atoms with E-state index in [-0.39, 0.29) is 17.1 Å². The van der Waals surface area contributed by atoms with E-state index in [2.05, 4.69) is 83.4 Å². The SMILES string of the molecule is CC[C@H](c1nnnn1C(C)(C)CC)N(CCc1ccccc1)Cc1cc2cccc(C)c2[nH]c1=O. The molecule has 0 fully saturated rings. The Bertz CT molecular complexity index is 1320. The maximum absolute atomic E-state index is 13.1. The van der Waals surface area contributed by atoms with Crippen LogP contribution in [0.2, 0.25) is 0 Å². The molecule has 2 aromatic carbocycles. The maximum Gasteiger partial charge on any atom is 0.252 e. The van der Waals surface area contributed by atoms with Gasteiger partial charge in [0.15, 0.2) is 5.82 Å². The van der Waals surface area contributed by atoms with E-state index >= 15 is 0 Å². The number of fused-ring (bicyclic) bond motifs is 1. The number of para-hydroxylation sites is 1. The Hall–Kier alpha value is -3.32. The average Bonchev–Trinajstić information content (AvgIpc) is 3.35. The smallest absolute Gasteiger partial charge is 0.252 e. The van der Waals surface area contributed by atoms with Crippen LogP contribution in [0, 0.1) is 6.92 Å². The molecule has 0 aliphatic carbocycles. The van der Waals surface area contributed by atoms with Gasteiger partial charge in [0.05, 0.1) is 17.1 Å². The highest BCUT2D eigenvalue weighted by atomic mass is 16.1. The van der Waals surface area contributed by atoms with Crippen LogP contribution in [0.15, 0.2) is 59.4 Å². The molecule has 7 heteroatoms. The van der Waals surface area contributed by atoms with E-state index in [4.69, 9.17) is 0 Å². The normalized spacial score (nSPS) is 13.0. The molecule has 2 aromatic heterocycles. The molecule has 4 rings (SSSR count). The molecule has 1 N–H and O–H groups in total. The molecule has 0 radical (unpaired) electrons. The lowest BCUT2D eigenvalue weighted by molar-refractivity contribution is 0.160. The van der Waals surface area contributed by atoms with E-state index in [9.17, 15) is 4.79 Å². The molecule has 0 bridgehead atoms. The lowest BCUT2D eigenvalue weighted by atomic mass is 10.0. The van der Waals surface area contributed by atoms with Crippen LogP contribution in [0.3, 0.4) is 0 Å². The number of hydrogen-bond acceptors (Lipinski definition) is 5. The van der Waals surface area contributed by atoms with Crippen LogP contribution in [0.5, 0.6) is 0 Å². The number of H-pyrrole nitrogens is 1. The van der Waals surface area contributed by atoms with Gasteiger partial charge in [0, 0.05) is 18.7 Å². The molecule has 0 unspecified atom stereocenters. The van der Waals surface area contributed by atoms with Gasteiger partial charge >= 0.3 is 0 Å². The molecule has 4 aromatic rings. The van der Waals surface area contributed by atoms with E-state index in [1.54, 1.807) is 0 Å². The summed E-state index contributed by atoms with van der Waals surface area (Å²) >= 11 is 0. The molecule has 35 heavy (non-hydrogen) atoms. The quantitative estimate of drug-likeness (QED) is 0.345. The number of rotatable bonds is 10. The third-order valence-electron chi connectivity index (χ3n) is 7.13. The van der Waals surface area contributed by atoms with Crippen molar-refractivity contribution in [1.29, 1.82) is 0 Å². The van der Waals surface area contributed by atoms with Crippen molar-refractivity contribution in [3.63, 3.8) is 0 Å². The molecule has 0 saturated heterocycles. The molecule has 0 aliphatic heterocycles. The molecular formula is C28H36N6O. The second-order valence-corrected chi connectivity index (χ2v) is 9.91. The molecule has 2 heterocycles. The summed E-state index contributed by atoms with van der Waals surface area (Å²) < 4.78 is 1.96. The van der Waals surface area contributed by atoms with Crippen LogP contribution in [0.1, 0.15) is 69.1 Å². The largest absolute Gasteiger partial charge is 0.321 e. The Morgan fingerprint density at radius 1 is 1.09 bits per heavy atom. The van der Waals surface area contributed by atoms with Gasteiger partial charge in [0.1, 0.15) is 0 Å². The van der Waals surface area contributed by atoms with Crippen molar-refractivity contribution in [2.45, 2.75) is 72.0 Å². The predicted molar refractivity (Wildman–Crippen MR) is 140 cm³/mol. The number of nitrogens with zero attached hydrogens (tertiary/aromatic N) is 5. The van der Waals surface area contributed by atoms with Crippen LogP contribution in [0.4, 0.5) is 0 Å². The molecule has 0 amide bonds. The number of nitrogens with one attached hydrogen (secondary N) is 1. The van der Waals surface area contributed by atoms with E-state index in [1.807, 2.05) is 35.9 Å². The van der Waals surface area contributed by atoms with Crippen LogP contribution >= 0.6 is 0 Å². The van der Waals surface area contributed by atoms with E-state index in [0.29, 0.717) is 6.54 Å². The third kappa shape index (κ3) is 5.35. The molecule has 0 spiro atoms. The van der Waals surface area contributed by atoms with Crippen LogP contribution in [0.25, 0.3) is 10.9 Å². The summed E-state index contributed by atoms with van der Waals surface area (Å²) in [6.45, 7) is 11.9. The van der Waals surface area contributed by atoms with Crippen LogP contribution in [-0.4, -0.2) is 36.6 Å². The number of pyridine rings is 1. The Labute approximate surface area is 207 Å². The molecular weight excluding hydrogens is 436 g/mol. The van der Waals surface area contributed by atoms with Crippen molar-refractivity contribution >= 4 is 10.9 Å². The monoisotopic (exact) mass is 472 g/mol. The lowest BCUT2D eigenvalue weighted by Gasteiger charge is -2.33. The van der Waals surface area contributed by atoms with Crippen LogP contribution in [-0.2, 0) is 18.5 Å². The number of benzene rings is 2. The molecule has 184 valence electrons. The van der Waals surface area contributed by atoms with E-state index < -0.39 is 0 Å². The Kier molecular flexibility index (Phi) is 7.45. The fourth-order valence-electron chi connectivity index (χ4n) is 4.61. The van der Waals surface area contributed by atoms with Gasteiger partial charge in [-0.25, -0.2) is 4.68 Å². The van der Waals surface area contributed by atoms with Gasteiger partial charge in [-0.1, -0.05) is 62.4 Å². The first kappa shape index (κ1) is 24.8.